The Hall–Kier alpha value is -3.09. The van der Waals surface area contributed by atoms with Crippen LogP contribution in [0.3, 0.4) is 0 Å². The lowest BCUT2D eigenvalue weighted by Crippen LogP contribution is -2.35. The number of rotatable bonds is 5. The van der Waals surface area contributed by atoms with Gasteiger partial charge in [0.05, 0.1) is 9.82 Å². The molecule has 1 aliphatic heterocycles. The highest BCUT2D eigenvalue weighted by molar-refractivity contribution is 7.93. The summed E-state index contributed by atoms with van der Waals surface area (Å²) in [6, 6.07) is 8.38. The lowest BCUT2D eigenvalue weighted by Gasteiger charge is -2.30. The second-order valence-corrected chi connectivity index (χ2v) is 10.3. The van der Waals surface area contributed by atoms with E-state index in [0.717, 1.165) is 17.4 Å². The fourth-order valence-corrected chi connectivity index (χ4v) is 5.46. The standard InChI is InChI=1S/C19H16ClN5O5S2/c1-11-21-22-19(31-11)23-32(29,30)14-5-7-16-12(9-14)3-2-8-24(16)18(26)13-4-6-15(20)17(10-13)25(27)28/h4-7,9-10H,2-3,8H2,1H3,(H,22,23). The third kappa shape index (κ3) is 4.29. The number of nitrogens with zero attached hydrogens (tertiary/aromatic N) is 4. The van der Waals surface area contributed by atoms with Gasteiger partial charge >= 0.3 is 0 Å². The summed E-state index contributed by atoms with van der Waals surface area (Å²) in [5.74, 6) is -0.427. The number of hydrogen-bond donors (Lipinski definition) is 1. The molecule has 3 aromatic rings. The van der Waals surface area contributed by atoms with Gasteiger partial charge in [-0.3, -0.25) is 19.6 Å². The first-order valence-electron chi connectivity index (χ1n) is 9.37. The Bertz CT molecular complexity index is 1340. The quantitative estimate of drug-likeness (QED) is 0.421. The summed E-state index contributed by atoms with van der Waals surface area (Å²) in [6.45, 7) is 2.12. The highest BCUT2D eigenvalue weighted by Gasteiger charge is 2.27. The van der Waals surface area contributed by atoms with Crippen molar-refractivity contribution in [2.45, 2.75) is 24.7 Å². The number of nitrogens with one attached hydrogen (secondary N) is 1. The van der Waals surface area contributed by atoms with Crippen LogP contribution in [0, 0.1) is 17.0 Å². The van der Waals surface area contributed by atoms with Crippen molar-refractivity contribution in [1.29, 1.82) is 0 Å². The van der Waals surface area contributed by atoms with Crippen LogP contribution in [0.25, 0.3) is 0 Å². The lowest BCUT2D eigenvalue weighted by atomic mass is 10.0. The van der Waals surface area contributed by atoms with Crippen molar-refractivity contribution >= 4 is 55.4 Å². The van der Waals surface area contributed by atoms with Gasteiger partial charge in [0.2, 0.25) is 5.13 Å². The first-order chi connectivity index (χ1) is 15.2. The van der Waals surface area contributed by atoms with Crippen LogP contribution in [-0.4, -0.2) is 36.0 Å². The van der Waals surface area contributed by atoms with Gasteiger partial charge in [0.25, 0.3) is 21.6 Å². The van der Waals surface area contributed by atoms with Crippen LogP contribution in [0.2, 0.25) is 5.02 Å². The average Bonchev–Trinajstić information content (AvgIpc) is 3.16. The molecule has 0 saturated carbocycles. The second kappa shape index (κ2) is 8.45. The number of nitro benzene ring substituents is 1. The van der Waals surface area contributed by atoms with Crippen LogP contribution in [0.5, 0.6) is 0 Å². The number of sulfonamides is 1. The second-order valence-electron chi connectivity index (χ2n) is 7.01. The Morgan fingerprint density at radius 2 is 2.03 bits per heavy atom. The summed E-state index contributed by atoms with van der Waals surface area (Å²) >= 11 is 6.97. The molecule has 1 N–H and O–H groups in total. The van der Waals surface area contributed by atoms with Crippen molar-refractivity contribution in [2.75, 3.05) is 16.2 Å². The molecule has 0 saturated heterocycles. The average molecular weight is 494 g/mol. The molecule has 166 valence electrons. The Morgan fingerprint density at radius 1 is 1.25 bits per heavy atom. The van der Waals surface area contributed by atoms with E-state index in [1.807, 2.05) is 0 Å². The van der Waals surface area contributed by atoms with Gasteiger partial charge < -0.3 is 4.90 Å². The molecule has 0 spiro atoms. The molecule has 10 nitrogen and oxygen atoms in total. The molecule has 0 atom stereocenters. The number of amides is 1. The molecule has 0 bridgehead atoms. The number of aryl methyl sites for hydroxylation is 2. The maximum absolute atomic E-state index is 13.1. The van der Waals surface area contributed by atoms with E-state index >= 15 is 0 Å². The molecular weight excluding hydrogens is 478 g/mol. The fraction of sp³-hybridized carbons (Fsp3) is 0.211. The molecular formula is C19H16ClN5O5S2. The molecule has 0 unspecified atom stereocenters. The Kier molecular flexibility index (Phi) is 5.84. The van der Waals surface area contributed by atoms with Crippen molar-refractivity contribution in [3.8, 4) is 0 Å². The summed E-state index contributed by atoms with van der Waals surface area (Å²) < 4.78 is 27.9. The number of fused-ring (bicyclic) bond motifs is 1. The van der Waals surface area contributed by atoms with Crippen LogP contribution in [0.1, 0.15) is 27.3 Å². The van der Waals surface area contributed by atoms with Gasteiger partial charge in [-0.25, -0.2) is 8.42 Å². The summed E-state index contributed by atoms with van der Waals surface area (Å²) in [7, 11) is -3.88. The molecule has 2 aromatic carbocycles. The minimum Gasteiger partial charge on any atom is -0.308 e. The van der Waals surface area contributed by atoms with Crippen LogP contribution >= 0.6 is 22.9 Å². The first-order valence-corrected chi connectivity index (χ1v) is 12.0. The number of anilines is 2. The van der Waals surface area contributed by atoms with E-state index in [1.54, 1.807) is 13.0 Å². The third-order valence-corrected chi connectivity index (χ3v) is 7.40. The zero-order valence-corrected chi connectivity index (χ0v) is 19.0. The maximum Gasteiger partial charge on any atom is 0.288 e. The van der Waals surface area contributed by atoms with Gasteiger partial charge in [-0.1, -0.05) is 22.9 Å². The third-order valence-electron chi connectivity index (χ3n) is 4.86. The predicted octanol–water partition coefficient (Wildman–Crippen LogP) is 3.80. The molecule has 2 heterocycles. The minimum absolute atomic E-state index is 0.0422. The summed E-state index contributed by atoms with van der Waals surface area (Å²) in [6.07, 6.45) is 1.20. The summed E-state index contributed by atoms with van der Waals surface area (Å²) in [4.78, 5) is 25.1. The largest absolute Gasteiger partial charge is 0.308 e. The number of aromatic nitrogens is 2. The van der Waals surface area contributed by atoms with Crippen LogP contribution in [0.15, 0.2) is 41.3 Å². The van der Waals surface area contributed by atoms with Crippen molar-refractivity contribution in [3.63, 3.8) is 0 Å². The van der Waals surface area contributed by atoms with Crippen molar-refractivity contribution in [2.24, 2.45) is 0 Å². The van der Waals surface area contributed by atoms with E-state index in [2.05, 4.69) is 14.9 Å². The van der Waals surface area contributed by atoms with Crippen molar-refractivity contribution in [1.82, 2.24) is 10.2 Å². The Labute approximate surface area is 192 Å². The number of nitro groups is 1. The van der Waals surface area contributed by atoms with Gasteiger partial charge in [0.1, 0.15) is 10.0 Å². The molecule has 0 radical (unpaired) electrons. The van der Waals surface area contributed by atoms with Gasteiger partial charge in [-0.05, 0) is 55.7 Å². The van der Waals surface area contributed by atoms with Crippen LogP contribution in [0.4, 0.5) is 16.5 Å². The maximum atomic E-state index is 13.1. The Balaban J connectivity index is 1.64. The number of carbonyl (C=O) groups excluding carboxylic acids is 1. The van der Waals surface area contributed by atoms with Crippen LogP contribution < -0.4 is 9.62 Å². The van der Waals surface area contributed by atoms with Gasteiger partial charge in [0.15, 0.2) is 0 Å². The van der Waals surface area contributed by atoms with E-state index in [0.29, 0.717) is 35.6 Å². The Morgan fingerprint density at radius 3 is 2.72 bits per heavy atom. The summed E-state index contributed by atoms with van der Waals surface area (Å²) in [5, 5.41) is 19.5. The molecule has 4 rings (SSSR count). The molecule has 1 aliphatic rings. The lowest BCUT2D eigenvalue weighted by molar-refractivity contribution is -0.384. The van der Waals surface area contributed by atoms with Gasteiger partial charge in [-0.15, -0.1) is 10.2 Å². The molecule has 13 heteroatoms. The van der Waals surface area contributed by atoms with E-state index in [9.17, 15) is 23.3 Å². The molecule has 1 aromatic heterocycles. The number of halogens is 1. The predicted molar refractivity (Wildman–Crippen MR) is 120 cm³/mol. The van der Waals surface area contributed by atoms with E-state index in [-0.39, 0.29) is 26.3 Å². The van der Waals surface area contributed by atoms with Gasteiger partial charge in [-0.2, -0.15) is 0 Å². The normalized spacial score (nSPS) is 13.5. The zero-order chi connectivity index (χ0) is 23.0. The SMILES string of the molecule is Cc1nnc(NS(=O)(=O)c2ccc3c(c2)CCCN3C(=O)c2ccc(Cl)c([N+](=O)[O-])c2)s1. The fourth-order valence-electron chi connectivity index (χ4n) is 3.40. The summed E-state index contributed by atoms with van der Waals surface area (Å²) in [5.41, 5.74) is 1.02. The van der Waals surface area contributed by atoms with Crippen LogP contribution in [-0.2, 0) is 16.4 Å². The molecule has 32 heavy (non-hydrogen) atoms. The highest BCUT2D eigenvalue weighted by atomic mass is 35.5. The molecule has 0 fully saturated rings. The monoisotopic (exact) mass is 493 g/mol. The van der Waals surface area contributed by atoms with Gasteiger partial charge in [0, 0.05) is 23.9 Å². The minimum atomic E-state index is -3.88. The number of hydrogen-bond acceptors (Lipinski definition) is 8. The smallest absolute Gasteiger partial charge is 0.288 e. The van der Waals surface area contributed by atoms with E-state index in [1.165, 1.54) is 29.2 Å². The molecule has 1 amide bonds. The number of carbonyl (C=O) groups is 1. The number of benzene rings is 2. The highest BCUT2D eigenvalue weighted by Crippen LogP contribution is 2.33. The topological polar surface area (TPSA) is 135 Å². The molecule has 0 aliphatic carbocycles. The van der Waals surface area contributed by atoms with E-state index < -0.39 is 20.9 Å². The zero-order valence-electron chi connectivity index (χ0n) is 16.6. The first kappa shape index (κ1) is 22.1. The van der Waals surface area contributed by atoms with Crippen molar-refractivity contribution < 1.29 is 18.1 Å². The van der Waals surface area contributed by atoms with Crippen molar-refractivity contribution in [3.05, 3.63) is 67.7 Å². The van der Waals surface area contributed by atoms with E-state index in [4.69, 9.17) is 11.6 Å².